The summed E-state index contributed by atoms with van der Waals surface area (Å²) in [5.41, 5.74) is 4.25. The molecule has 0 spiro atoms. The molecule has 7 heteroatoms. The first kappa shape index (κ1) is 23.8. The van der Waals surface area contributed by atoms with Crippen molar-refractivity contribution in [2.75, 3.05) is 34.2 Å². The maximum absolute atomic E-state index is 13.5. The van der Waals surface area contributed by atoms with Crippen molar-refractivity contribution in [3.63, 3.8) is 0 Å². The first-order chi connectivity index (χ1) is 16.3. The molecule has 1 fully saturated rings. The molecule has 1 heterocycles. The number of anilines is 3. The zero-order valence-electron chi connectivity index (χ0n) is 19.7. The van der Waals surface area contributed by atoms with Crippen LogP contribution < -0.4 is 14.5 Å². The summed E-state index contributed by atoms with van der Waals surface area (Å²) >= 11 is 0. The molecule has 0 bridgehead atoms. The molecular weight excluding hydrogens is 446 g/mol. The van der Waals surface area contributed by atoms with Crippen molar-refractivity contribution in [1.29, 1.82) is 0 Å². The summed E-state index contributed by atoms with van der Waals surface area (Å²) in [6, 6.07) is 21.4. The predicted octanol–water partition coefficient (Wildman–Crippen LogP) is 5.13. The van der Waals surface area contributed by atoms with E-state index in [1.54, 1.807) is 42.5 Å². The third kappa shape index (κ3) is 5.42. The number of carbonyl (C=O) groups excluding carboxylic acids is 1. The number of hydrogen-bond donors (Lipinski definition) is 1. The monoisotopic (exact) mass is 477 g/mol. The molecule has 0 saturated carbocycles. The van der Waals surface area contributed by atoms with Crippen LogP contribution in [0.25, 0.3) is 0 Å². The summed E-state index contributed by atoms with van der Waals surface area (Å²) < 4.78 is 28.1. The summed E-state index contributed by atoms with van der Waals surface area (Å²) in [6.45, 7) is 5.67. The van der Waals surface area contributed by atoms with Crippen LogP contribution in [0, 0.1) is 13.8 Å². The van der Waals surface area contributed by atoms with E-state index >= 15 is 0 Å². The highest BCUT2D eigenvalue weighted by atomic mass is 32.2. The van der Waals surface area contributed by atoms with Gasteiger partial charge in [-0.05, 0) is 92.8 Å². The highest BCUT2D eigenvalue weighted by Crippen LogP contribution is 2.26. The van der Waals surface area contributed by atoms with Gasteiger partial charge in [0.05, 0.1) is 10.6 Å². The minimum atomic E-state index is -3.93. The topological polar surface area (TPSA) is 69.7 Å². The van der Waals surface area contributed by atoms with E-state index in [1.165, 1.54) is 23.6 Å². The number of amides is 1. The van der Waals surface area contributed by atoms with Gasteiger partial charge in [-0.2, -0.15) is 0 Å². The number of hydrogen-bond acceptors (Lipinski definition) is 4. The van der Waals surface area contributed by atoms with Crippen LogP contribution >= 0.6 is 0 Å². The summed E-state index contributed by atoms with van der Waals surface area (Å²) in [7, 11) is -3.93. The van der Waals surface area contributed by atoms with Gasteiger partial charge in [0.25, 0.3) is 10.0 Å². The Morgan fingerprint density at radius 3 is 2.21 bits per heavy atom. The highest BCUT2D eigenvalue weighted by molar-refractivity contribution is 7.92. The second kappa shape index (κ2) is 10.3. The molecule has 34 heavy (non-hydrogen) atoms. The normalized spacial score (nSPS) is 14.0. The second-order valence-corrected chi connectivity index (χ2v) is 10.6. The van der Waals surface area contributed by atoms with Crippen LogP contribution in [0.2, 0.25) is 0 Å². The molecule has 1 aliphatic heterocycles. The van der Waals surface area contributed by atoms with Gasteiger partial charge in [0.1, 0.15) is 6.54 Å². The molecule has 3 aromatic rings. The van der Waals surface area contributed by atoms with Crippen molar-refractivity contribution in [1.82, 2.24) is 0 Å². The quantitative estimate of drug-likeness (QED) is 0.512. The molecule has 1 aliphatic rings. The Kier molecular flexibility index (Phi) is 7.22. The zero-order valence-corrected chi connectivity index (χ0v) is 20.5. The lowest BCUT2D eigenvalue weighted by molar-refractivity contribution is -0.114. The van der Waals surface area contributed by atoms with Crippen LogP contribution in [0.4, 0.5) is 17.1 Å². The van der Waals surface area contributed by atoms with E-state index in [2.05, 4.69) is 10.2 Å². The molecule has 1 saturated heterocycles. The van der Waals surface area contributed by atoms with E-state index in [0.717, 1.165) is 29.9 Å². The lowest BCUT2D eigenvalue weighted by Crippen LogP contribution is -2.38. The van der Waals surface area contributed by atoms with Gasteiger partial charge in [0.2, 0.25) is 5.91 Å². The van der Waals surface area contributed by atoms with E-state index in [0.29, 0.717) is 11.4 Å². The maximum atomic E-state index is 13.5. The molecule has 0 aromatic heterocycles. The van der Waals surface area contributed by atoms with Gasteiger partial charge >= 0.3 is 0 Å². The summed E-state index contributed by atoms with van der Waals surface area (Å²) in [4.78, 5) is 15.5. The summed E-state index contributed by atoms with van der Waals surface area (Å²) in [5, 5.41) is 2.86. The average molecular weight is 478 g/mol. The number of benzene rings is 3. The Hall–Kier alpha value is -3.32. The fourth-order valence-corrected chi connectivity index (χ4v) is 5.59. The molecule has 6 nitrogen and oxygen atoms in total. The van der Waals surface area contributed by atoms with E-state index in [-0.39, 0.29) is 11.4 Å². The molecule has 0 radical (unpaired) electrons. The molecular formula is C27H31N3O3S. The number of piperidine rings is 1. The Balaban J connectivity index is 1.55. The summed E-state index contributed by atoms with van der Waals surface area (Å²) in [6.07, 6.45) is 3.67. The van der Waals surface area contributed by atoms with Crippen LogP contribution in [0.3, 0.4) is 0 Å². The largest absolute Gasteiger partial charge is 0.372 e. The summed E-state index contributed by atoms with van der Waals surface area (Å²) in [5.74, 6) is -0.400. The van der Waals surface area contributed by atoms with Crippen LogP contribution in [0.5, 0.6) is 0 Å². The Labute approximate surface area is 202 Å². The number of nitrogens with zero attached hydrogens (tertiary/aromatic N) is 2. The Bertz CT molecular complexity index is 1240. The van der Waals surface area contributed by atoms with Crippen molar-refractivity contribution in [2.24, 2.45) is 0 Å². The maximum Gasteiger partial charge on any atom is 0.264 e. The second-order valence-electron chi connectivity index (χ2n) is 8.74. The van der Waals surface area contributed by atoms with Gasteiger partial charge in [-0.25, -0.2) is 8.42 Å². The first-order valence-electron chi connectivity index (χ1n) is 11.6. The number of nitrogens with one attached hydrogen (secondary N) is 1. The molecule has 178 valence electrons. The standard InChI is InChI=1S/C27H31N3O3S/c1-21-11-14-25(19-22(21)2)30(34(32,33)26-9-5-3-6-10-26)20-27(31)28-23-12-15-24(16-13-23)29-17-7-4-8-18-29/h3,5-6,9-16,19H,4,7-8,17-18,20H2,1-2H3,(H,28,31). The van der Waals surface area contributed by atoms with Crippen molar-refractivity contribution in [3.05, 3.63) is 83.9 Å². The fourth-order valence-electron chi connectivity index (χ4n) is 4.15. The van der Waals surface area contributed by atoms with Crippen LogP contribution in [-0.2, 0) is 14.8 Å². The average Bonchev–Trinajstić information content (AvgIpc) is 2.86. The number of sulfonamides is 1. The molecule has 0 unspecified atom stereocenters. The van der Waals surface area contributed by atoms with E-state index in [9.17, 15) is 13.2 Å². The van der Waals surface area contributed by atoms with Crippen molar-refractivity contribution < 1.29 is 13.2 Å². The van der Waals surface area contributed by atoms with Crippen molar-refractivity contribution in [3.8, 4) is 0 Å². The Morgan fingerprint density at radius 2 is 1.56 bits per heavy atom. The van der Waals surface area contributed by atoms with Gasteiger partial charge in [0, 0.05) is 24.5 Å². The molecule has 0 atom stereocenters. The van der Waals surface area contributed by atoms with E-state index in [4.69, 9.17) is 0 Å². The lowest BCUT2D eigenvalue weighted by atomic mass is 10.1. The van der Waals surface area contributed by atoms with E-state index in [1.807, 2.05) is 44.2 Å². The molecule has 4 rings (SSSR count). The molecule has 3 aromatic carbocycles. The fraction of sp³-hybridized carbons (Fsp3) is 0.296. The van der Waals surface area contributed by atoms with Crippen LogP contribution in [0.15, 0.2) is 77.7 Å². The SMILES string of the molecule is Cc1ccc(N(CC(=O)Nc2ccc(N3CCCCC3)cc2)S(=O)(=O)c2ccccc2)cc1C. The van der Waals surface area contributed by atoms with Crippen LogP contribution in [-0.4, -0.2) is 34.0 Å². The van der Waals surface area contributed by atoms with Crippen LogP contribution in [0.1, 0.15) is 30.4 Å². The van der Waals surface area contributed by atoms with Crippen molar-refractivity contribution in [2.45, 2.75) is 38.0 Å². The number of aryl methyl sites for hydroxylation is 2. The van der Waals surface area contributed by atoms with Gasteiger partial charge in [0.15, 0.2) is 0 Å². The van der Waals surface area contributed by atoms with E-state index < -0.39 is 15.9 Å². The molecule has 0 aliphatic carbocycles. The lowest BCUT2D eigenvalue weighted by Gasteiger charge is -2.29. The highest BCUT2D eigenvalue weighted by Gasteiger charge is 2.27. The smallest absolute Gasteiger partial charge is 0.264 e. The number of carbonyl (C=O) groups is 1. The van der Waals surface area contributed by atoms with Gasteiger partial charge in [-0.15, -0.1) is 0 Å². The third-order valence-corrected chi connectivity index (χ3v) is 8.06. The van der Waals surface area contributed by atoms with Crippen molar-refractivity contribution >= 4 is 33.0 Å². The zero-order chi connectivity index (χ0) is 24.1. The minimum absolute atomic E-state index is 0.145. The first-order valence-corrected chi connectivity index (χ1v) is 13.1. The molecule has 1 amide bonds. The van der Waals surface area contributed by atoms with Gasteiger partial charge < -0.3 is 10.2 Å². The predicted molar refractivity (Wildman–Crippen MR) is 138 cm³/mol. The third-order valence-electron chi connectivity index (χ3n) is 6.27. The van der Waals surface area contributed by atoms with Gasteiger partial charge in [-0.3, -0.25) is 9.10 Å². The minimum Gasteiger partial charge on any atom is -0.372 e. The number of rotatable bonds is 7. The molecule has 1 N–H and O–H groups in total. The van der Waals surface area contributed by atoms with Gasteiger partial charge in [-0.1, -0.05) is 24.3 Å². The Morgan fingerprint density at radius 1 is 0.882 bits per heavy atom.